The standard InChI is InChI=1S/C18H25ClN4O2/c1-18(2,3)25-17(24)23(4)15-8-6-5-7-13(15)22-14-9-16(19)21-11-12(14)10-20/h9,11,13,15H,5-8H2,1-4H3,(H,21,22)/t13-,15+/m1/s1. The average Bonchev–Trinajstić information content (AvgIpc) is 2.53. The van der Waals surface area contributed by atoms with Gasteiger partial charge in [-0.15, -0.1) is 0 Å². The number of rotatable bonds is 3. The molecule has 0 aromatic carbocycles. The summed E-state index contributed by atoms with van der Waals surface area (Å²) in [6, 6.07) is 3.79. The van der Waals surface area contributed by atoms with Crippen molar-refractivity contribution in [3.63, 3.8) is 0 Å². The zero-order chi connectivity index (χ0) is 18.6. The average molecular weight is 365 g/mol. The van der Waals surface area contributed by atoms with Crippen LogP contribution in [0.4, 0.5) is 10.5 Å². The molecule has 0 unspecified atom stereocenters. The molecule has 1 aromatic heterocycles. The number of carbonyl (C=O) groups excluding carboxylic acids is 1. The summed E-state index contributed by atoms with van der Waals surface area (Å²) in [6.07, 6.45) is 5.03. The molecule has 1 saturated carbocycles. The van der Waals surface area contributed by atoms with Crippen molar-refractivity contribution in [3.05, 3.63) is 23.0 Å². The summed E-state index contributed by atoms with van der Waals surface area (Å²) >= 11 is 5.97. The van der Waals surface area contributed by atoms with Crippen molar-refractivity contribution in [2.45, 2.75) is 64.1 Å². The number of hydrogen-bond acceptors (Lipinski definition) is 5. The molecule has 0 bridgehead atoms. The molecule has 1 fully saturated rings. The van der Waals surface area contributed by atoms with Crippen LogP contribution in [0.25, 0.3) is 0 Å². The molecule has 136 valence electrons. The zero-order valence-corrected chi connectivity index (χ0v) is 15.9. The molecule has 25 heavy (non-hydrogen) atoms. The number of likely N-dealkylation sites (N-methyl/N-ethyl adjacent to an activating group) is 1. The molecule has 2 rings (SSSR count). The molecule has 0 spiro atoms. The van der Waals surface area contributed by atoms with Gasteiger partial charge < -0.3 is 15.0 Å². The van der Waals surface area contributed by atoms with Crippen molar-refractivity contribution in [2.24, 2.45) is 0 Å². The first kappa shape index (κ1) is 19.3. The molecule has 0 aliphatic heterocycles. The predicted molar refractivity (Wildman–Crippen MR) is 97.6 cm³/mol. The molecular formula is C18H25ClN4O2. The second-order valence-electron chi connectivity index (χ2n) is 7.36. The molecule has 6 nitrogen and oxygen atoms in total. The third-order valence-electron chi connectivity index (χ3n) is 4.24. The van der Waals surface area contributed by atoms with Crippen LogP contribution in [0.1, 0.15) is 52.0 Å². The minimum Gasteiger partial charge on any atom is -0.444 e. The van der Waals surface area contributed by atoms with E-state index in [0.717, 1.165) is 25.7 Å². The van der Waals surface area contributed by atoms with Gasteiger partial charge in [0.25, 0.3) is 0 Å². The van der Waals surface area contributed by atoms with E-state index in [2.05, 4.69) is 16.4 Å². The number of amides is 1. The first-order chi connectivity index (χ1) is 11.7. The maximum Gasteiger partial charge on any atom is 0.410 e. The number of aromatic nitrogens is 1. The van der Waals surface area contributed by atoms with Gasteiger partial charge in [0, 0.05) is 19.3 Å². The van der Waals surface area contributed by atoms with Gasteiger partial charge in [-0.25, -0.2) is 9.78 Å². The van der Waals surface area contributed by atoms with Crippen molar-refractivity contribution in [3.8, 4) is 6.07 Å². The zero-order valence-electron chi connectivity index (χ0n) is 15.2. The van der Waals surface area contributed by atoms with E-state index in [4.69, 9.17) is 16.3 Å². The van der Waals surface area contributed by atoms with Crippen LogP contribution < -0.4 is 5.32 Å². The Balaban J connectivity index is 2.17. The van der Waals surface area contributed by atoms with Crippen LogP contribution in [0.2, 0.25) is 5.15 Å². The lowest BCUT2D eigenvalue weighted by atomic mass is 9.89. The van der Waals surface area contributed by atoms with Crippen LogP contribution in [0, 0.1) is 11.3 Å². The van der Waals surface area contributed by atoms with Crippen LogP contribution in [-0.4, -0.2) is 40.7 Å². The van der Waals surface area contributed by atoms with Crippen LogP contribution in [-0.2, 0) is 4.74 Å². The van der Waals surface area contributed by atoms with E-state index >= 15 is 0 Å². The highest BCUT2D eigenvalue weighted by Gasteiger charge is 2.33. The number of carbonyl (C=O) groups is 1. The molecule has 1 aliphatic rings. The Morgan fingerprint density at radius 3 is 2.76 bits per heavy atom. The highest BCUT2D eigenvalue weighted by molar-refractivity contribution is 6.29. The number of ether oxygens (including phenoxy) is 1. The summed E-state index contributed by atoms with van der Waals surface area (Å²) in [7, 11) is 1.77. The fraction of sp³-hybridized carbons (Fsp3) is 0.611. The van der Waals surface area contributed by atoms with Crippen molar-refractivity contribution in [2.75, 3.05) is 12.4 Å². The van der Waals surface area contributed by atoms with Gasteiger partial charge in [0.2, 0.25) is 0 Å². The Kier molecular flexibility index (Phi) is 6.12. The fourth-order valence-electron chi connectivity index (χ4n) is 3.05. The lowest BCUT2D eigenvalue weighted by molar-refractivity contribution is 0.0175. The van der Waals surface area contributed by atoms with Gasteiger partial charge in [-0.1, -0.05) is 24.4 Å². The first-order valence-electron chi connectivity index (χ1n) is 8.49. The molecular weight excluding hydrogens is 340 g/mol. The molecule has 1 aromatic rings. The van der Waals surface area contributed by atoms with Crippen molar-refractivity contribution >= 4 is 23.4 Å². The van der Waals surface area contributed by atoms with Gasteiger partial charge in [0.05, 0.1) is 17.3 Å². The summed E-state index contributed by atoms with van der Waals surface area (Å²) in [5.41, 5.74) is 0.556. The first-order valence-corrected chi connectivity index (χ1v) is 8.87. The second-order valence-corrected chi connectivity index (χ2v) is 7.75. The Labute approximate surface area is 154 Å². The third kappa shape index (κ3) is 5.23. The van der Waals surface area contributed by atoms with Crippen molar-refractivity contribution < 1.29 is 9.53 Å². The summed E-state index contributed by atoms with van der Waals surface area (Å²) in [4.78, 5) is 18.0. The number of nitrogens with one attached hydrogen (secondary N) is 1. The second kappa shape index (κ2) is 7.92. The SMILES string of the molecule is CN(C(=O)OC(C)(C)C)[C@H]1CCCC[C@H]1Nc1cc(Cl)ncc1C#N. The monoisotopic (exact) mass is 364 g/mol. The quantitative estimate of drug-likeness (QED) is 0.813. The van der Waals surface area contributed by atoms with Gasteiger partial charge in [-0.2, -0.15) is 5.26 Å². The van der Waals surface area contributed by atoms with E-state index in [9.17, 15) is 10.1 Å². The van der Waals surface area contributed by atoms with E-state index in [-0.39, 0.29) is 18.2 Å². The van der Waals surface area contributed by atoms with Crippen LogP contribution in [0.5, 0.6) is 0 Å². The number of nitrogens with zero attached hydrogens (tertiary/aromatic N) is 3. The van der Waals surface area contributed by atoms with Crippen LogP contribution >= 0.6 is 11.6 Å². The smallest absolute Gasteiger partial charge is 0.410 e. The number of hydrogen-bond donors (Lipinski definition) is 1. The van der Waals surface area contributed by atoms with Gasteiger partial charge in [0.1, 0.15) is 16.8 Å². The van der Waals surface area contributed by atoms with Crippen LogP contribution in [0.15, 0.2) is 12.3 Å². The largest absolute Gasteiger partial charge is 0.444 e. The summed E-state index contributed by atoms with van der Waals surface area (Å²) < 4.78 is 5.49. The highest BCUT2D eigenvalue weighted by Crippen LogP contribution is 2.28. The Bertz CT molecular complexity index is 666. The maximum absolute atomic E-state index is 12.4. The molecule has 0 saturated heterocycles. The number of pyridine rings is 1. The van der Waals surface area contributed by atoms with Gasteiger partial charge in [-0.3, -0.25) is 0 Å². The summed E-state index contributed by atoms with van der Waals surface area (Å²) in [6.45, 7) is 5.56. The predicted octanol–water partition coefficient (Wildman–Crippen LogP) is 4.20. The minimum atomic E-state index is -0.532. The molecule has 7 heteroatoms. The summed E-state index contributed by atoms with van der Waals surface area (Å²) in [5, 5.41) is 13.0. The van der Waals surface area contributed by atoms with E-state index in [1.54, 1.807) is 18.0 Å². The molecule has 2 atom stereocenters. The van der Waals surface area contributed by atoms with E-state index in [1.165, 1.54) is 6.20 Å². The fourth-order valence-corrected chi connectivity index (χ4v) is 3.21. The number of halogens is 1. The van der Waals surface area contributed by atoms with Gasteiger partial charge in [-0.05, 0) is 39.7 Å². The minimum absolute atomic E-state index is 0.0120. The summed E-state index contributed by atoms with van der Waals surface area (Å²) in [5.74, 6) is 0. The third-order valence-corrected chi connectivity index (χ3v) is 4.45. The van der Waals surface area contributed by atoms with Crippen LogP contribution in [0.3, 0.4) is 0 Å². The number of nitriles is 1. The molecule has 1 N–H and O–H groups in total. The van der Waals surface area contributed by atoms with Crippen molar-refractivity contribution in [1.82, 2.24) is 9.88 Å². The highest BCUT2D eigenvalue weighted by atomic mass is 35.5. The molecule has 1 amide bonds. The maximum atomic E-state index is 12.4. The van der Waals surface area contributed by atoms with Gasteiger partial charge >= 0.3 is 6.09 Å². The Morgan fingerprint density at radius 1 is 1.44 bits per heavy atom. The van der Waals surface area contributed by atoms with E-state index in [0.29, 0.717) is 16.4 Å². The molecule has 1 heterocycles. The lowest BCUT2D eigenvalue weighted by Crippen LogP contribution is -2.50. The van der Waals surface area contributed by atoms with E-state index < -0.39 is 5.60 Å². The molecule has 0 radical (unpaired) electrons. The van der Waals surface area contributed by atoms with E-state index in [1.807, 2.05) is 20.8 Å². The lowest BCUT2D eigenvalue weighted by Gasteiger charge is -2.39. The van der Waals surface area contributed by atoms with Gasteiger partial charge in [0.15, 0.2) is 0 Å². The number of anilines is 1. The topological polar surface area (TPSA) is 78.2 Å². The Hall–Kier alpha value is -2.00. The molecule has 1 aliphatic carbocycles. The van der Waals surface area contributed by atoms with Crippen molar-refractivity contribution in [1.29, 1.82) is 5.26 Å². The normalized spacial score (nSPS) is 20.5. The Morgan fingerprint density at radius 2 is 2.12 bits per heavy atom.